The van der Waals surface area contributed by atoms with Gasteiger partial charge in [0.2, 0.25) is 5.91 Å². The number of amides is 1. The molecule has 2 rings (SSSR count). The van der Waals surface area contributed by atoms with E-state index in [1.165, 1.54) is 18.2 Å². The van der Waals surface area contributed by atoms with Gasteiger partial charge in [0.1, 0.15) is 11.7 Å². The number of hydrogen-bond acceptors (Lipinski definition) is 4. The van der Waals surface area contributed by atoms with Gasteiger partial charge in [0, 0.05) is 22.2 Å². The van der Waals surface area contributed by atoms with Crippen LogP contribution in [0.25, 0.3) is 0 Å². The Morgan fingerprint density at radius 1 is 1.43 bits per heavy atom. The topological polar surface area (TPSA) is 89.0 Å². The van der Waals surface area contributed by atoms with E-state index in [2.05, 4.69) is 10.5 Å². The number of nitrogens with one attached hydrogen (secondary N) is 1. The monoisotopic (exact) mass is 304 g/mol. The average molecular weight is 305 g/mol. The van der Waals surface area contributed by atoms with Crippen LogP contribution in [-0.4, -0.2) is 11.6 Å². The summed E-state index contributed by atoms with van der Waals surface area (Å²) >= 11 is 6.03. The lowest BCUT2D eigenvalue weighted by atomic mass is 9.75. The zero-order valence-electron chi connectivity index (χ0n) is 11.0. The first kappa shape index (κ1) is 15.0. The van der Waals surface area contributed by atoms with E-state index in [4.69, 9.17) is 22.1 Å². The zero-order chi connectivity index (χ0) is 15.6. The van der Waals surface area contributed by atoms with E-state index in [0.717, 1.165) is 0 Å². The standard InChI is InChI=1S/C14H10ClFN4O/c1-7-11(14(21)20-19-7)12(8(5-17)6-18)13-9(15)3-2-4-10(13)16/h2-4,8,11-12H,1H3,(H,20,21)/t11-,12+/m0/s1. The number of nitrogens with zero attached hydrogens (tertiary/aromatic N) is 3. The van der Waals surface area contributed by atoms with Crippen molar-refractivity contribution in [2.24, 2.45) is 16.9 Å². The Kier molecular flexibility index (Phi) is 4.21. The van der Waals surface area contributed by atoms with E-state index >= 15 is 0 Å². The molecule has 1 aliphatic heterocycles. The summed E-state index contributed by atoms with van der Waals surface area (Å²) < 4.78 is 14.2. The Morgan fingerprint density at radius 3 is 2.57 bits per heavy atom. The molecular weight excluding hydrogens is 295 g/mol. The maximum atomic E-state index is 14.2. The Labute approximate surface area is 125 Å². The summed E-state index contributed by atoms with van der Waals surface area (Å²) in [6.07, 6.45) is 0. The van der Waals surface area contributed by atoms with Crippen LogP contribution < -0.4 is 5.43 Å². The van der Waals surface area contributed by atoms with Crippen molar-refractivity contribution in [2.45, 2.75) is 12.8 Å². The highest BCUT2D eigenvalue weighted by Crippen LogP contribution is 2.39. The first-order chi connectivity index (χ1) is 10.0. The summed E-state index contributed by atoms with van der Waals surface area (Å²) in [5, 5.41) is 22.2. The number of hydrazone groups is 1. The van der Waals surface area contributed by atoms with Crippen LogP contribution in [0.2, 0.25) is 5.02 Å². The van der Waals surface area contributed by atoms with Crippen molar-refractivity contribution in [3.63, 3.8) is 0 Å². The number of nitriles is 2. The van der Waals surface area contributed by atoms with E-state index < -0.39 is 29.5 Å². The molecule has 1 heterocycles. The van der Waals surface area contributed by atoms with Crippen LogP contribution >= 0.6 is 11.6 Å². The smallest absolute Gasteiger partial charge is 0.249 e. The first-order valence-corrected chi connectivity index (χ1v) is 6.46. The predicted octanol–water partition coefficient (Wildman–Crippen LogP) is 2.35. The van der Waals surface area contributed by atoms with Gasteiger partial charge in [-0.15, -0.1) is 0 Å². The molecule has 1 aromatic carbocycles. The molecule has 21 heavy (non-hydrogen) atoms. The lowest BCUT2D eigenvalue weighted by molar-refractivity contribution is -0.122. The molecule has 1 N–H and O–H groups in total. The van der Waals surface area contributed by atoms with Crippen molar-refractivity contribution in [3.8, 4) is 12.1 Å². The molecule has 1 aromatic rings. The normalized spacial score (nSPS) is 18.7. The van der Waals surface area contributed by atoms with Crippen molar-refractivity contribution >= 4 is 23.2 Å². The van der Waals surface area contributed by atoms with Crippen LogP contribution in [0, 0.1) is 40.3 Å². The summed E-state index contributed by atoms with van der Waals surface area (Å²) in [6, 6.07) is 7.66. The molecule has 1 aliphatic rings. The molecule has 0 bridgehead atoms. The van der Waals surface area contributed by atoms with Crippen molar-refractivity contribution in [1.29, 1.82) is 10.5 Å². The lowest BCUT2D eigenvalue weighted by Crippen LogP contribution is -2.32. The molecule has 0 aromatic heterocycles. The highest BCUT2D eigenvalue weighted by molar-refractivity contribution is 6.31. The Balaban J connectivity index is 2.63. The molecule has 106 valence electrons. The van der Waals surface area contributed by atoms with E-state index in [-0.39, 0.29) is 10.6 Å². The van der Waals surface area contributed by atoms with Crippen LogP contribution in [0.4, 0.5) is 4.39 Å². The average Bonchev–Trinajstić information content (AvgIpc) is 2.77. The molecule has 0 saturated heterocycles. The fourth-order valence-corrected chi connectivity index (χ4v) is 2.73. The van der Waals surface area contributed by atoms with Crippen molar-refractivity contribution < 1.29 is 9.18 Å². The van der Waals surface area contributed by atoms with Crippen molar-refractivity contribution in [2.75, 3.05) is 0 Å². The van der Waals surface area contributed by atoms with Crippen molar-refractivity contribution in [3.05, 3.63) is 34.6 Å². The maximum Gasteiger partial charge on any atom is 0.249 e. The quantitative estimate of drug-likeness (QED) is 0.929. The van der Waals surface area contributed by atoms with E-state index in [1.54, 1.807) is 19.1 Å². The minimum absolute atomic E-state index is 0.0103. The van der Waals surface area contributed by atoms with Crippen LogP contribution in [0.5, 0.6) is 0 Å². The summed E-state index contributed by atoms with van der Waals surface area (Å²) in [5.41, 5.74) is 2.65. The molecule has 0 fully saturated rings. The number of benzene rings is 1. The van der Waals surface area contributed by atoms with E-state index in [9.17, 15) is 9.18 Å². The number of hydrogen-bond donors (Lipinski definition) is 1. The molecule has 0 unspecified atom stereocenters. The second kappa shape index (κ2) is 5.90. The van der Waals surface area contributed by atoms with Crippen LogP contribution in [0.1, 0.15) is 18.4 Å². The Morgan fingerprint density at radius 2 is 2.10 bits per heavy atom. The molecule has 0 saturated carbocycles. The Hall–Kier alpha value is -2.44. The fraction of sp³-hybridized carbons (Fsp3) is 0.286. The summed E-state index contributed by atoms with van der Waals surface area (Å²) in [6.45, 7) is 1.58. The lowest BCUT2D eigenvalue weighted by Gasteiger charge is -2.24. The number of halogens is 2. The van der Waals surface area contributed by atoms with Crippen LogP contribution in [0.3, 0.4) is 0 Å². The molecule has 5 nitrogen and oxygen atoms in total. The van der Waals surface area contributed by atoms with E-state index in [1.807, 2.05) is 0 Å². The maximum absolute atomic E-state index is 14.2. The minimum Gasteiger partial charge on any atom is -0.272 e. The third-order valence-electron chi connectivity index (χ3n) is 3.40. The summed E-state index contributed by atoms with van der Waals surface area (Å²) in [5.74, 6) is -4.27. The zero-order valence-corrected chi connectivity index (χ0v) is 11.7. The van der Waals surface area contributed by atoms with Gasteiger partial charge >= 0.3 is 0 Å². The predicted molar refractivity (Wildman–Crippen MR) is 73.6 cm³/mol. The van der Waals surface area contributed by atoms with Gasteiger partial charge in [-0.05, 0) is 19.1 Å². The molecule has 1 amide bonds. The van der Waals surface area contributed by atoms with Gasteiger partial charge in [-0.25, -0.2) is 9.82 Å². The van der Waals surface area contributed by atoms with Gasteiger partial charge in [-0.2, -0.15) is 15.6 Å². The molecule has 0 spiro atoms. The van der Waals surface area contributed by atoms with Crippen LogP contribution in [-0.2, 0) is 4.79 Å². The van der Waals surface area contributed by atoms with Gasteiger partial charge in [0.25, 0.3) is 0 Å². The second-order valence-electron chi connectivity index (χ2n) is 4.60. The van der Waals surface area contributed by atoms with E-state index in [0.29, 0.717) is 5.71 Å². The number of carbonyl (C=O) groups excluding carboxylic acids is 1. The van der Waals surface area contributed by atoms with Gasteiger partial charge in [0.15, 0.2) is 0 Å². The highest BCUT2D eigenvalue weighted by Gasteiger charge is 2.42. The summed E-state index contributed by atoms with van der Waals surface area (Å²) in [7, 11) is 0. The number of rotatable bonds is 3. The molecule has 0 radical (unpaired) electrons. The number of carbonyl (C=O) groups is 1. The minimum atomic E-state index is -1.22. The molecule has 7 heteroatoms. The second-order valence-corrected chi connectivity index (χ2v) is 5.01. The van der Waals surface area contributed by atoms with Crippen molar-refractivity contribution in [1.82, 2.24) is 5.43 Å². The van der Waals surface area contributed by atoms with Gasteiger partial charge < -0.3 is 0 Å². The third kappa shape index (κ3) is 2.58. The SMILES string of the molecule is CC1=NNC(=O)[C@@H]1[C@H](c1c(F)cccc1Cl)C(C#N)C#N. The summed E-state index contributed by atoms with van der Waals surface area (Å²) in [4.78, 5) is 11.9. The fourth-order valence-electron chi connectivity index (χ4n) is 2.44. The molecule has 2 atom stereocenters. The van der Waals surface area contributed by atoms with Gasteiger partial charge in [-0.3, -0.25) is 4.79 Å². The van der Waals surface area contributed by atoms with Gasteiger partial charge in [0.05, 0.1) is 18.1 Å². The van der Waals surface area contributed by atoms with Gasteiger partial charge in [-0.1, -0.05) is 17.7 Å². The molecule has 0 aliphatic carbocycles. The first-order valence-electron chi connectivity index (χ1n) is 6.08. The van der Waals surface area contributed by atoms with Crippen LogP contribution in [0.15, 0.2) is 23.3 Å². The third-order valence-corrected chi connectivity index (χ3v) is 3.73. The highest BCUT2D eigenvalue weighted by atomic mass is 35.5. The molecular formula is C14H10ClFN4O. The Bertz CT molecular complexity index is 670. The largest absolute Gasteiger partial charge is 0.272 e.